The average Bonchev–Trinajstić information content (AvgIpc) is 3.24. The zero-order valence-corrected chi connectivity index (χ0v) is 14.9. The molecule has 2 heterocycles. The zero-order chi connectivity index (χ0) is 18.0. The summed E-state index contributed by atoms with van der Waals surface area (Å²) < 4.78 is 5.15. The van der Waals surface area contributed by atoms with Crippen LogP contribution < -0.4 is 4.74 Å². The maximum Gasteiger partial charge on any atom is 0.290 e. The van der Waals surface area contributed by atoms with Crippen LogP contribution in [-0.2, 0) is 16.1 Å². The van der Waals surface area contributed by atoms with Crippen LogP contribution >= 0.6 is 11.3 Å². The number of hydrogen-bond acceptors (Lipinski definition) is 5. The lowest BCUT2D eigenvalue weighted by Crippen LogP contribution is -2.30. The molecule has 0 bridgehead atoms. The number of amides is 1. The molecule has 1 unspecified atom stereocenters. The second-order valence-corrected chi connectivity index (χ2v) is 6.72. The third-order valence-corrected chi connectivity index (χ3v) is 5.17. The summed E-state index contributed by atoms with van der Waals surface area (Å²) in [6, 6.07) is 10.6. The van der Waals surface area contributed by atoms with Gasteiger partial charge < -0.3 is 14.7 Å². The number of methoxy groups -OCH3 is 1. The van der Waals surface area contributed by atoms with Crippen molar-refractivity contribution < 1.29 is 19.4 Å². The van der Waals surface area contributed by atoms with E-state index in [2.05, 4.69) is 0 Å². The summed E-state index contributed by atoms with van der Waals surface area (Å²) in [5, 5.41) is 12.2. The minimum absolute atomic E-state index is 0.198. The van der Waals surface area contributed by atoms with Crippen LogP contribution in [0.5, 0.6) is 5.75 Å². The molecule has 1 amide bonds. The molecule has 0 aliphatic carbocycles. The minimum Gasteiger partial charge on any atom is -0.503 e. The third-order valence-electron chi connectivity index (χ3n) is 4.25. The van der Waals surface area contributed by atoms with Gasteiger partial charge >= 0.3 is 0 Å². The molecule has 0 saturated carbocycles. The van der Waals surface area contributed by atoms with Crippen LogP contribution in [0.2, 0.25) is 0 Å². The summed E-state index contributed by atoms with van der Waals surface area (Å²) in [5.74, 6) is -0.416. The number of Topliss-reactive ketones (excluding diaryl/α,β-unsaturated/α-hetero) is 1. The summed E-state index contributed by atoms with van der Waals surface area (Å²) in [7, 11) is 1.59. The summed E-state index contributed by atoms with van der Waals surface area (Å²) in [5.41, 5.74) is 1.09. The van der Waals surface area contributed by atoms with Gasteiger partial charge in [-0.25, -0.2) is 0 Å². The van der Waals surface area contributed by atoms with E-state index in [9.17, 15) is 14.7 Å². The monoisotopic (exact) mass is 357 g/mol. The number of hydrogen-bond donors (Lipinski definition) is 1. The molecular formula is C19H19NO4S. The van der Waals surface area contributed by atoms with E-state index in [-0.39, 0.29) is 17.8 Å². The van der Waals surface area contributed by atoms with E-state index in [1.54, 1.807) is 18.9 Å². The first-order chi connectivity index (χ1) is 12.1. The molecular weight excluding hydrogens is 338 g/mol. The Morgan fingerprint density at radius 3 is 2.56 bits per heavy atom. The second kappa shape index (κ2) is 7.11. The van der Waals surface area contributed by atoms with Crippen LogP contribution in [0.1, 0.15) is 29.8 Å². The lowest BCUT2D eigenvalue weighted by Gasteiger charge is -2.25. The van der Waals surface area contributed by atoms with Crippen molar-refractivity contribution in [3.63, 3.8) is 0 Å². The van der Waals surface area contributed by atoms with E-state index in [1.807, 2.05) is 41.8 Å². The molecule has 0 fully saturated rings. The first-order valence-electron chi connectivity index (χ1n) is 8.00. The number of aliphatic hydroxyl groups is 1. The quantitative estimate of drug-likeness (QED) is 0.857. The number of benzene rings is 1. The Morgan fingerprint density at radius 1 is 1.28 bits per heavy atom. The Bertz CT molecular complexity index is 808. The van der Waals surface area contributed by atoms with Crippen LogP contribution in [0.4, 0.5) is 0 Å². The fourth-order valence-electron chi connectivity index (χ4n) is 2.96. The standard InChI is InChI=1S/C19H19NO4S/c1-3-14(21)16-17(15-5-4-10-25-15)20(19(23)18(16)22)11-12-6-8-13(24-2)9-7-12/h4-10,17,22H,3,11H2,1-2H3. The van der Waals surface area contributed by atoms with Gasteiger partial charge in [-0.2, -0.15) is 0 Å². The number of nitrogens with zero attached hydrogens (tertiary/aromatic N) is 1. The SMILES string of the molecule is CCC(=O)C1=C(O)C(=O)N(Cc2ccc(OC)cc2)C1c1cccs1. The second-order valence-electron chi connectivity index (χ2n) is 5.74. The van der Waals surface area contributed by atoms with Gasteiger partial charge in [-0.05, 0) is 29.1 Å². The summed E-state index contributed by atoms with van der Waals surface area (Å²) in [6.07, 6.45) is 0.241. The van der Waals surface area contributed by atoms with Gasteiger partial charge in [-0.1, -0.05) is 25.1 Å². The van der Waals surface area contributed by atoms with Crippen molar-refractivity contribution in [2.45, 2.75) is 25.9 Å². The molecule has 1 aromatic heterocycles. The molecule has 2 aromatic rings. The molecule has 1 N–H and O–H groups in total. The number of ketones is 1. The first kappa shape index (κ1) is 17.2. The number of carbonyl (C=O) groups is 2. The highest BCUT2D eigenvalue weighted by atomic mass is 32.1. The normalized spacial score (nSPS) is 17.3. The zero-order valence-electron chi connectivity index (χ0n) is 14.1. The Kier molecular flexibility index (Phi) is 4.90. The van der Waals surface area contributed by atoms with Gasteiger partial charge in [0.1, 0.15) is 5.75 Å². The van der Waals surface area contributed by atoms with Crippen molar-refractivity contribution in [1.29, 1.82) is 0 Å². The Morgan fingerprint density at radius 2 is 2.00 bits per heavy atom. The van der Waals surface area contributed by atoms with Crippen molar-refractivity contribution in [1.82, 2.24) is 4.90 Å². The topological polar surface area (TPSA) is 66.8 Å². The summed E-state index contributed by atoms with van der Waals surface area (Å²) in [6.45, 7) is 2.03. The Labute approximate surface area is 150 Å². The number of thiophene rings is 1. The molecule has 1 atom stereocenters. The fraction of sp³-hybridized carbons (Fsp3) is 0.263. The molecule has 25 heavy (non-hydrogen) atoms. The van der Waals surface area contributed by atoms with Crippen molar-refractivity contribution >= 4 is 23.0 Å². The molecule has 1 aromatic carbocycles. The van der Waals surface area contributed by atoms with Crippen molar-refractivity contribution in [2.24, 2.45) is 0 Å². The van der Waals surface area contributed by atoms with Crippen LogP contribution in [0, 0.1) is 0 Å². The fourth-order valence-corrected chi connectivity index (χ4v) is 3.81. The van der Waals surface area contributed by atoms with Gasteiger partial charge in [0.2, 0.25) is 0 Å². The van der Waals surface area contributed by atoms with Crippen molar-refractivity contribution in [3.05, 3.63) is 63.6 Å². The van der Waals surface area contributed by atoms with Gasteiger partial charge in [0.15, 0.2) is 11.5 Å². The highest BCUT2D eigenvalue weighted by Gasteiger charge is 2.43. The van der Waals surface area contributed by atoms with Gasteiger partial charge in [-0.3, -0.25) is 9.59 Å². The van der Waals surface area contributed by atoms with Gasteiger partial charge in [0.25, 0.3) is 5.91 Å². The highest BCUT2D eigenvalue weighted by molar-refractivity contribution is 7.10. The van der Waals surface area contributed by atoms with E-state index in [0.717, 1.165) is 16.2 Å². The average molecular weight is 357 g/mol. The number of rotatable bonds is 6. The first-order valence-corrected chi connectivity index (χ1v) is 8.88. The Hall–Kier alpha value is -2.60. The highest BCUT2D eigenvalue weighted by Crippen LogP contribution is 2.40. The van der Waals surface area contributed by atoms with Gasteiger partial charge in [0.05, 0.1) is 18.7 Å². The lowest BCUT2D eigenvalue weighted by atomic mass is 10.00. The largest absolute Gasteiger partial charge is 0.503 e. The van der Waals surface area contributed by atoms with E-state index in [0.29, 0.717) is 6.54 Å². The predicted molar refractivity (Wildman–Crippen MR) is 95.6 cm³/mol. The maximum absolute atomic E-state index is 12.6. The Balaban J connectivity index is 1.96. The van der Waals surface area contributed by atoms with E-state index in [1.165, 1.54) is 11.3 Å². The van der Waals surface area contributed by atoms with Crippen molar-refractivity contribution in [3.8, 4) is 5.75 Å². The molecule has 6 heteroatoms. The van der Waals surface area contributed by atoms with Gasteiger partial charge in [-0.15, -0.1) is 11.3 Å². The number of aliphatic hydroxyl groups excluding tert-OH is 1. The third kappa shape index (κ3) is 3.17. The maximum atomic E-state index is 12.6. The molecule has 1 aliphatic rings. The van der Waals surface area contributed by atoms with Crippen molar-refractivity contribution in [2.75, 3.05) is 7.11 Å². The van der Waals surface area contributed by atoms with Crippen LogP contribution in [0.25, 0.3) is 0 Å². The molecule has 1 aliphatic heterocycles. The molecule has 130 valence electrons. The van der Waals surface area contributed by atoms with Gasteiger partial charge in [0, 0.05) is 17.8 Å². The molecule has 3 rings (SSSR count). The van der Waals surface area contributed by atoms with Crippen LogP contribution in [0.15, 0.2) is 53.1 Å². The van der Waals surface area contributed by atoms with E-state index < -0.39 is 17.7 Å². The van der Waals surface area contributed by atoms with E-state index >= 15 is 0 Å². The van der Waals surface area contributed by atoms with E-state index in [4.69, 9.17) is 4.74 Å². The molecule has 0 spiro atoms. The smallest absolute Gasteiger partial charge is 0.290 e. The number of ether oxygens (including phenoxy) is 1. The minimum atomic E-state index is -0.540. The number of carbonyl (C=O) groups excluding carboxylic acids is 2. The summed E-state index contributed by atoms with van der Waals surface area (Å²) in [4.78, 5) is 27.4. The summed E-state index contributed by atoms with van der Waals surface area (Å²) >= 11 is 1.46. The lowest BCUT2D eigenvalue weighted by molar-refractivity contribution is -0.130. The predicted octanol–water partition coefficient (Wildman–Crippen LogP) is 3.63. The van der Waals surface area contributed by atoms with Crippen LogP contribution in [0.3, 0.4) is 0 Å². The van der Waals surface area contributed by atoms with Crippen LogP contribution in [-0.4, -0.2) is 28.8 Å². The molecule has 0 saturated heterocycles. The molecule has 5 nitrogen and oxygen atoms in total. The molecule has 0 radical (unpaired) electrons.